The molecule has 8 heteroatoms. The first-order valence-corrected chi connectivity index (χ1v) is 9.09. The number of carbonyl (C=O) groups excluding carboxylic acids is 1. The number of aromatic amines is 1. The van der Waals surface area contributed by atoms with Gasteiger partial charge in [-0.25, -0.2) is 4.98 Å². The average molecular weight is 356 g/mol. The SMILES string of the molecule is CCc1nc(SCC(=O)N[C@H](Cn2cccn2)c2ccccc2)n[nH]1. The van der Waals surface area contributed by atoms with Gasteiger partial charge in [0.25, 0.3) is 0 Å². The molecule has 0 aliphatic heterocycles. The van der Waals surface area contributed by atoms with Crippen molar-refractivity contribution in [1.82, 2.24) is 30.3 Å². The molecule has 0 aliphatic rings. The van der Waals surface area contributed by atoms with Gasteiger partial charge < -0.3 is 5.32 Å². The standard InChI is InChI=1S/C17H20N6OS/c1-2-15-20-17(22-21-15)25-12-16(24)19-14(11-23-10-6-9-18-23)13-7-4-3-5-8-13/h3-10,14H,2,11-12H2,1H3,(H,19,24)(H,20,21,22)/t14-/m1/s1. The van der Waals surface area contributed by atoms with Gasteiger partial charge in [-0.3, -0.25) is 14.6 Å². The number of carbonyl (C=O) groups is 1. The number of rotatable bonds is 8. The van der Waals surface area contributed by atoms with Gasteiger partial charge in [-0.15, -0.1) is 5.10 Å². The van der Waals surface area contributed by atoms with Crippen LogP contribution in [0.4, 0.5) is 0 Å². The van der Waals surface area contributed by atoms with Crippen molar-refractivity contribution in [3.8, 4) is 0 Å². The zero-order valence-electron chi connectivity index (χ0n) is 13.9. The minimum Gasteiger partial charge on any atom is -0.347 e. The van der Waals surface area contributed by atoms with Crippen LogP contribution in [-0.2, 0) is 17.8 Å². The summed E-state index contributed by atoms with van der Waals surface area (Å²) in [6.07, 6.45) is 4.41. The van der Waals surface area contributed by atoms with E-state index in [4.69, 9.17) is 0 Å². The highest BCUT2D eigenvalue weighted by Gasteiger charge is 2.16. The highest BCUT2D eigenvalue weighted by atomic mass is 32.2. The fourth-order valence-corrected chi connectivity index (χ4v) is 3.01. The zero-order chi connectivity index (χ0) is 17.5. The Morgan fingerprint density at radius 2 is 2.16 bits per heavy atom. The van der Waals surface area contributed by atoms with Crippen LogP contribution in [-0.4, -0.2) is 36.6 Å². The van der Waals surface area contributed by atoms with Gasteiger partial charge >= 0.3 is 0 Å². The van der Waals surface area contributed by atoms with Gasteiger partial charge in [0.05, 0.1) is 18.3 Å². The fourth-order valence-electron chi connectivity index (χ4n) is 2.38. The van der Waals surface area contributed by atoms with Gasteiger partial charge in [-0.2, -0.15) is 5.10 Å². The number of thioether (sulfide) groups is 1. The number of amides is 1. The van der Waals surface area contributed by atoms with Gasteiger partial charge in [0.15, 0.2) is 0 Å². The number of H-pyrrole nitrogens is 1. The molecule has 0 fully saturated rings. The lowest BCUT2D eigenvalue weighted by Crippen LogP contribution is -2.32. The van der Waals surface area contributed by atoms with Crippen molar-refractivity contribution in [3.63, 3.8) is 0 Å². The second-order valence-electron chi connectivity index (χ2n) is 5.47. The van der Waals surface area contributed by atoms with E-state index in [1.54, 1.807) is 6.20 Å². The molecule has 0 unspecified atom stereocenters. The number of hydrogen-bond donors (Lipinski definition) is 2. The van der Waals surface area contributed by atoms with Crippen LogP contribution in [0.15, 0.2) is 53.9 Å². The molecule has 0 radical (unpaired) electrons. The van der Waals surface area contributed by atoms with Crippen LogP contribution in [0.5, 0.6) is 0 Å². The van der Waals surface area contributed by atoms with E-state index < -0.39 is 0 Å². The number of benzene rings is 1. The minimum atomic E-state index is -0.146. The maximum Gasteiger partial charge on any atom is 0.231 e. The summed E-state index contributed by atoms with van der Waals surface area (Å²) in [4.78, 5) is 16.7. The normalized spacial score (nSPS) is 12.0. The molecule has 0 saturated carbocycles. The quantitative estimate of drug-likeness (QED) is 0.604. The van der Waals surface area contributed by atoms with Crippen molar-refractivity contribution in [2.75, 3.05) is 5.75 Å². The van der Waals surface area contributed by atoms with Crippen LogP contribution in [0, 0.1) is 0 Å². The molecule has 0 bridgehead atoms. The Balaban J connectivity index is 1.61. The lowest BCUT2D eigenvalue weighted by Gasteiger charge is -2.19. The Labute approximate surface area is 150 Å². The number of aromatic nitrogens is 5. The topological polar surface area (TPSA) is 88.5 Å². The molecule has 1 aromatic carbocycles. The molecule has 3 rings (SSSR count). The van der Waals surface area contributed by atoms with Crippen LogP contribution in [0.2, 0.25) is 0 Å². The van der Waals surface area contributed by atoms with E-state index in [1.165, 1.54) is 11.8 Å². The average Bonchev–Trinajstić information content (AvgIpc) is 3.32. The maximum absolute atomic E-state index is 12.4. The van der Waals surface area contributed by atoms with Gasteiger partial charge in [0.2, 0.25) is 11.1 Å². The van der Waals surface area contributed by atoms with Gasteiger partial charge in [0, 0.05) is 18.8 Å². The summed E-state index contributed by atoms with van der Waals surface area (Å²) >= 11 is 1.32. The molecule has 0 saturated heterocycles. The Bertz CT molecular complexity index is 787. The van der Waals surface area contributed by atoms with Crippen molar-refractivity contribution in [2.45, 2.75) is 31.1 Å². The minimum absolute atomic E-state index is 0.0612. The van der Waals surface area contributed by atoms with Crippen molar-refractivity contribution in [1.29, 1.82) is 0 Å². The van der Waals surface area contributed by atoms with Crippen LogP contribution >= 0.6 is 11.8 Å². The highest BCUT2D eigenvalue weighted by molar-refractivity contribution is 7.99. The maximum atomic E-state index is 12.4. The highest BCUT2D eigenvalue weighted by Crippen LogP contribution is 2.17. The number of nitrogens with zero attached hydrogens (tertiary/aromatic N) is 4. The summed E-state index contributed by atoms with van der Waals surface area (Å²) in [6, 6.07) is 11.6. The van der Waals surface area contributed by atoms with E-state index in [0.717, 1.165) is 17.8 Å². The summed E-state index contributed by atoms with van der Waals surface area (Å²) in [5.74, 6) is 1.03. The molecule has 25 heavy (non-hydrogen) atoms. The molecule has 0 aliphatic carbocycles. The molecule has 1 amide bonds. The molecular weight excluding hydrogens is 336 g/mol. The van der Waals surface area contributed by atoms with E-state index >= 15 is 0 Å². The molecule has 0 spiro atoms. The summed E-state index contributed by atoms with van der Waals surface area (Å²) in [7, 11) is 0. The van der Waals surface area contributed by atoms with Gasteiger partial charge in [-0.1, -0.05) is 49.0 Å². The number of hydrogen-bond acceptors (Lipinski definition) is 5. The molecule has 2 aromatic heterocycles. The predicted octanol–water partition coefficient (Wildman–Crippen LogP) is 2.21. The Kier molecular flexibility index (Phi) is 5.84. The summed E-state index contributed by atoms with van der Waals surface area (Å²) in [5, 5.41) is 14.8. The lowest BCUT2D eigenvalue weighted by molar-refractivity contribution is -0.119. The van der Waals surface area contributed by atoms with Crippen LogP contribution in [0.3, 0.4) is 0 Å². The molecule has 2 heterocycles. The van der Waals surface area contributed by atoms with Crippen LogP contribution < -0.4 is 5.32 Å². The third kappa shape index (κ3) is 4.93. The number of aryl methyl sites for hydroxylation is 1. The molecule has 7 nitrogen and oxygen atoms in total. The van der Waals surface area contributed by atoms with Crippen molar-refractivity contribution in [2.24, 2.45) is 0 Å². The van der Waals surface area contributed by atoms with Gasteiger partial charge in [0.1, 0.15) is 5.82 Å². The van der Waals surface area contributed by atoms with E-state index in [9.17, 15) is 4.79 Å². The Morgan fingerprint density at radius 1 is 1.32 bits per heavy atom. The van der Waals surface area contributed by atoms with E-state index in [2.05, 4.69) is 25.6 Å². The molecule has 2 N–H and O–H groups in total. The monoisotopic (exact) mass is 356 g/mol. The van der Waals surface area contributed by atoms with E-state index in [-0.39, 0.29) is 17.7 Å². The fraction of sp³-hybridized carbons (Fsp3) is 0.294. The summed E-state index contributed by atoms with van der Waals surface area (Å²) < 4.78 is 1.81. The molecule has 1 atom stereocenters. The van der Waals surface area contributed by atoms with E-state index in [0.29, 0.717) is 11.7 Å². The van der Waals surface area contributed by atoms with Crippen LogP contribution in [0.1, 0.15) is 24.4 Å². The second-order valence-corrected chi connectivity index (χ2v) is 6.41. The van der Waals surface area contributed by atoms with Crippen molar-refractivity contribution in [3.05, 3.63) is 60.2 Å². The summed E-state index contributed by atoms with van der Waals surface area (Å²) in [5.41, 5.74) is 1.04. The third-order valence-electron chi connectivity index (χ3n) is 3.64. The first-order valence-electron chi connectivity index (χ1n) is 8.10. The first-order chi connectivity index (χ1) is 12.2. The lowest BCUT2D eigenvalue weighted by atomic mass is 10.1. The van der Waals surface area contributed by atoms with E-state index in [1.807, 2.05) is 54.2 Å². The zero-order valence-corrected chi connectivity index (χ0v) is 14.7. The summed E-state index contributed by atoms with van der Waals surface area (Å²) in [6.45, 7) is 2.58. The third-order valence-corrected chi connectivity index (χ3v) is 4.49. The second kappa shape index (κ2) is 8.48. The number of nitrogens with one attached hydrogen (secondary N) is 2. The molecular formula is C17H20N6OS. The smallest absolute Gasteiger partial charge is 0.231 e. The van der Waals surface area contributed by atoms with Crippen molar-refractivity contribution >= 4 is 17.7 Å². The molecule has 3 aromatic rings. The van der Waals surface area contributed by atoms with Gasteiger partial charge in [-0.05, 0) is 11.6 Å². The Morgan fingerprint density at radius 3 is 2.84 bits per heavy atom. The molecule has 130 valence electrons. The largest absolute Gasteiger partial charge is 0.347 e. The first kappa shape index (κ1) is 17.2. The van der Waals surface area contributed by atoms with Crippen LogP contribution in [0.25, 0.3) is 0 Å². The Hall–Kier alpha value is -2.61. The van der Waals surface area contributed by atoms with Crippen molar-refractivity contribution < 1.29 is 4.79 Å². The predicted molar refractivity (Wildman–Crippen MR) is 96.0 cm³/mol.